The number of piperidine rings is 1. The van der Waals surface area contributed by atoms with E-state index in [1.165, 1.54) is 54.9 Å². The van der Waals surface area contributed by atoms with Gasteiger partial charge in [0.2, 0.25) is 5.91 Å². The SMILES string of the molecule is O=C(CSc1ccc(-c2ccc(N3CCCCC3)cc2)nn1)Nc1ccc(F)c(Cl)c1. The molecule has 1 N–H and O–H groups in total. The zero-order valence-electron chi connectivity index (χ0n) is 16.9. The van der Waals surface area contributed by atoms with Gasteiger partial charge in [0, 0.05) is 30.0 Å². The quantitative estimate of drug-likeness (QED) is 0.485. The normalized spacial score (nSPS) is 13.8. The van der Waals surface area contributed by atoms with Crippen LogP contribution in [0.1, 0.15) is 19.3 Å². The third-order valence-electron chi connectivity index (χ3n) is 5.08. The number of halogens is 2. The van der Waals surface area contributed by atoms with Crippen molar-refractivity contribution in [3.8, 4) is 11.3 Å². The fraction of sp³-hybridized carbons (Fsp3) is 0.261. The maximum Gasteiger partial charge on any atom is 0.234 e. The number of carbonyl (C=O) groups is 1. The topological polar surface area (TPSA) is 58.1 Å². The molecular formula is C23H22ClFN4OS. The molecule has 0 radical (unpaired) electrons. The predicted molar refractivity (Wildman–Crippen MR) is 124 cm³/mol. The Bertz CT molecular complexity index is 1040. The van der Waals surface area contributed by atoms with Crippen molar-refractivity contribution in [1.29, 1.82) is 0 Å². The molecule has 0 bridgehead atoms. The minimum atomic E-state index is -0.523. The van der Waals surface area contributed by atoms with Gasteiger partial charge in [-0.2, -0.15) is 0 Å². The van der Waals surface area contributed by atoms with E-state index in [1.54, 1.807) is 0 Å². The highest BCUT2D eigenvalue weighted by Crippen LogP contribution is 2.25. The number of nitrogens with zero attached hydrogens (tertiary/aromatic N) is 3. The average Bonchev–Trinajstić information content (AvgIpc) is 2.81. The predicted octanol–water partition coefficient (Wildman–Crippen LogP) is 5.66. The Morgan fingerprint density at radius 1 is 1.03 bits per heavy atom. The Hall–Kier alpha value is -2.64. The zero-order valence-corrected chi connectivity index (χ0v) is 18.4. The fourth-order valence-electron chi connectivity index (χ4n) is 3.46. The number of anilines is 2. The lowest BCUT2D eigenvalue weighted by atomic mass is 10.1. The summed E-state index contributed by atoms with van der Waals surface area (Å²) >= 11 is 7.01. The number of nitrogens with one attached hydrogen (secondary N) is 1. The first kappa shape index (κ1) is 21.6. The molecule has 2 heterocycles. The summed E-state index contributed by atoms with van der Waals surface area (Å²) in [6, 6.07) is 16.2. The van der Waals surface area contributed by atoms with Gasteiger partial charge in [-0.05, 0) is 61.7 Å². The van der Waals surface area contributed by atoms with Gasteiger partial charge >= 0.3 is 0 Å². The summed E-state index contributed by atoms with van der Waals surface area (Å²) in [6.07, 6.45) is 3.82. The van der Waals surface area contributed by atoms with E-state index in [0.29, 0.717) is 10.7 Å². The Morgan fingerprint density at radius 2 is 1.81 bits per heavy atom. The molecular weight excluding hydrogens is 435 g/mol. The van der Waals surface area contributed by atoms with E-state index in [1.807, 2.05) is 12.1 Å². The van der Waals surface area contributed by atoms with E-state index in [4.69, 9.17) is 11.6 Å². The second-order valence-corrected chi connectivity index (χ2v) is 8.72. The second-order valence-electron chi connectivity index (χ2n) is 7.32. The molecule has 31 heavy (non-hydrogen) atoms. The van der Waals surface area contributed by atoms with Crippen LogP contribution in [0.3, 0.4) is 0 Å². The van der Waals surface area contributed by atoms with Gasteiger partial charge in [-0.3, -0.25) is 4.79 Å². The Labute approximate surface area is 190 Å². The highest BCUT2D eigenvalue weighted by atomic mass is 35.5. The summed E-state index contributed by atoms with van der Waals surface area (Å²) in [6.45, 7) is 2.24. The van der Waals surface area contributed by atoms with Crippen molar-refractivity contribution < 1.29 is 9.18 Å². The van der Waals surface area contributed by atoms with Crippen LogP contribution in [0, 0.1) is 5.82 Å². The molecule has 8 heteroatoms. The number of amides is 1. The number of benzene rings is 2. The smallest absolute Gasteiger partial charge is 0.234 e. The first-order valence-corrected chi connectivity index (χ1v) is 11.5. The first-order valence-electron chi connectivity index (χ1n) is 10.2. The highest BCUT2D eigenvalue weighted by Gasteiger charge is 2.11. The standard InChI is InChI=1S/C23H22ClFN4OS/c24-19-14-17(6-9-20(19)25)26-22(30)15-31-23-11-10-21(27-28-23)16-4-7-18(8-5-16)29-12-2-1-3-13-29/h4-11,14H,1-3,12-13,15H2,(H,26,30). The number of rotatable bonds is 6. The number of aromatic nitrogens is 2. The van der Waals surface area contributed by atoms with Crippen molar-refractivity contribution in [3.63, 3.8) is 0 Å². The lowest BCUT2D eigenvalue weighted by molar-refractivity contribution is -0.113. The molecule has 1 aromatic heterocycles. The zero-order chi connectivity index (χ0) is 21.6. The molecule has 3 aromatic rings. The minimum absolute atomic E-state index is 0.0316. The van der Waals surface area contributed by atoms with Crippen molar-refractivity contribution in [2.24, 2.45) is 0 Å². The van der Waals surface area contributed by atoms with Gasteiger partial charge in [0.25, 0.3) is 0 Å². The van der Waals surface area contributed by atoms with Crippen LogP contribution in [0.5, 0.6) is 0 Å². The fourth-order valence-corrected chi connectivity index (χ4v) is 4.25. The lowest BCUT2D eigenvalue weighted by Crippen LogP contribution is -2.29. The Balaban J connectivity index is 1.31. The van der Waals surface area contributed by atoms with Gasteiger partial charge in [0.05, 0.1) is 16.5 Å². The lowest BCUT2D eigenvalue weighted by Gasteiger charge is -2.28. The van der Waals surface area contributed by atoms with Crippen molar-refractivity contribution in [2.45, 2.75) is 24.3 Å². The van der Waals surface area contributed by atoms with Crippen LogP contribution in [0.25, 0.3) is 11.3 Å². The number of carbonyl (C=O) groups excluding carboxylic acids is 1. The van der Waals surface area contributed by atoms with E-state index in [9.17, 15) is 9.18 Å². The molecule has 160 valence electrons. The third-order valence-corrected chi connectivity index (χ3v) is 6.29. The van der Waals surface area contributed by atoms with Crippen LogP contribution < -0.4 is 10.2 Å². The summed E-state index contributed by atoms with van der Waals surface area (Å²) in [5.41, 5.74) is 3.50. The van der Waals surface area contributed by atoms with Crippen LogP contribution in [0.2, 0.25) is 5.02 Å². The van der Waals surface area contributed by atoms with E-state index in [0.717, 1.165) is 24.3 Å². The van der Waals surface area contributed by atoms with Crippen molar-refractivity contribution in [2.75, 3.05) is 29.1 Å². The van der Waals surface area contributed by atoms with Crippen LogP contribution in [-0.4, -0.2) is 34.9 Å². The van der Waals surface area contributed by atoms with Crippen molar-refractivity contribution in [1.82, 2.24) is 10.2 Å². The summed E-state index contributed by atoms with van der Waals surface area (Å²) in [4.78, 5) is 14.5. The summed E-state index contributed by atoms with van der Waals surface area (Å²) in [7, 11) is 0. The van der Waals surface area contributed by atoms with Gasteiger partial charge < -0.3 is 10.2 Å². The molecule has 0 atom stereocenters. The summed E-state index contributed by atoms with van der Waals surface area (Å²) < 4.78 is 13.2. The molecule has 4 rings (SSSR count). The van der Waals surface area contributed by atoms with Crippen LogP contribution >= 0.6 is 23.4 Å². The van der Waals surface area contributed by atoms with E-state index >= 15 is 0 Å². The third kappa shape index (κ3) is 5.74. The molecule has 1 aliphatic heterocycles. The summed E-state index contributed by atoms with van der Waals surface area (Å²) in [5, 5.41) is 11.8. The van der Waals surface area contributed by atoms with Gasteiger partial charge in [-0.1, -0.05) is 35.5 Å². The maximum atomic E-state index is 13.2. The maximum absolute atomic E-state index is 13.2. The first-order chi connectivity index (χ1) is 15.1. The van der Waals surface area contributed by atoms with Crippen molar-refractivity contribution >= 4 is 40.6 Å². The van der Waals surface area contributed by atoms with Gasteiger partial charge in [-0.15, -0.1) is 10.2 Å². The van der Waals surface area contributed by atoms with E-state index < -0.39 is 5.82 Å². The Kier molecular flexibility index (Phi) is 7.04. The average molecular weight is 457 g/mol. The molecule has 0 spiro atoms. The van der Waals surface area contributed by atoms with E-state index in [2.05, 4.69) is 44.7 Å². The van der Waals surface area contributed by atoms with Crippen LogP contribution in [0.15, 0.2) is 59.6 Å². The summed E-state index contributed by atoms with van der Waals surface area (Å²) in [5.74, 6) is -0.592. The van der Waals surface area contributed by atoms with Gasteiger partial charge in [-0.25, -0.2) is 4.39 Å². The highest BCUT2D eigenvalue weighted by molar-refractivity contribution is 7.99. The molecule has 2 aromatic carbocycles. The van der Waals surface area contributed by atoms with Gasteiger partial charge in [0.1, 0.15) is 10.8 Å². The molecule has 1 fully saturated rings. The number of hydrogen-bond acceptors (Lipinski definition) is 5. The second kappa shape index (κ2) is 10.1. The molecule has 5 nitrogen and oxygen atoms in total. The molecule has 1 amide bonds. The minimum Gasteiger partial charge on any atom is -0.372 e. The molecule has 1 saturated heterocycles. The van der Waals surface area contributed by atoms with Gasteiger partial charge in [0.15, 0.2) is 0 Å². The number of thioether (sulfide) groups is 1. The number of hydrogen-bond donors (Lipinski definition) is 1. The molecule has 0 saturated carbocycles. The monoisotopic (exact) mass is 456 g/mol. The van der Waals surface area contributed by atoms with Crippen LogP contribution in [0.4, 0.5) is 15.8 Å². The van der Waals surface area contributed by atoms with Crippen molar-refractivity contribution in [3.05, 3.63) is 65.4 Å². The van der Waals surface area contributed by atoms with Crippen LogP contribution in [-0.2, 0) is 4.79 Å². The largest absolute Gasteiger partial charge is 0.372 e. The Morgan fingerprint density at radius 3 is 2.48 bits per heavy atom. The molecule has 0 unspecified atom stereocenters. The molecule has 1 aliphatic rings. The molecule has 0 aliphatic carbocycles. The van der Waals surface area contributed by atoms with E-state index in [-0.39, 0.29) is 16.7 Å².